The number of benzene rings is 2. The minimum absolute atomic E-state index is 0.336. The Balaban J connectivity index is 2.25. The highest BCUT2D eigenvalue weighted by molar-refractivity contribution is 5.87. The van der Waals surface area contributed by atoms with Gasteiger partial charge in [-0.15, -0.1) is 0 Å². The Hall–Kier alpha value is -2.32. The minimum Gasteiger partial charge on any atom is -0.197 e. The largest absolute Gasteiger partial charge is 0.197 e. The molecule has 0 heterocycles. The van der Waals surface area contributed by atoms with Crippen LogP contribution in [0, 0.1) is 28.1 Å². The summed E-state index contributed by atoms with van der Waals surface area (Å²) < 4.78 is 0. The van der Waals surface area contributed by atoms with Crippen LogP contribution in [0.2, 0.25) is 0 Å². The average molecular weight is 232 g/mol. The minimum atomic E-state index is -0.850. The lowest BCUT2D eigenvalue weighted by atomic mass is 9.86. The second-order valence-corrected chi connectivity index (χ2v) is 5.16. The first-order valence-electron chi connectivity index (χ1n) is 5.98. The molecule has 3 rings (SSSR count). The van der Waals surface area contributed by atoms with Crippen molar-refractivity contribution in [3.05, 3.63) is 48.0 Å². The van der Waals surface area contributed by atoms with Gasteiger partial charge in [-0.3, -0.25) is 0 Å². The first-order chi connectivity index (χ1) is 8.67. The number of fused-ring (bicyclic) bond motifs is 1. The molecule has 18 heavy (non-hydrogen) atoms. The molecule has 0 amide bonds. The van der Waals surface area contributed by atoms with Crippen molar-refractivity contribution < 1.29 is 0 Å². The molecule has 1 saturated carbocycles. The predicted molar refractivity (Wildman–Crippen MR) is 69.6 cm³/mol. The van der Waals surface area contributed by atoms with Crippen molar-refractivity contribution in [3.63, 3.8) is 0 Å². The number of hydrogen-bond acceptors (Lipinski definition) is 2. The lowest BCUT2D eigenvalue weighted by Crippen LogP contribution is -2.12. The van der Waals surface area contributed by atoms with Crippen molar-refractivity contribution in [2.45, 2.75) is 18.8 Å². The third-order valence-electron chi connectivity index (χ3n) is 4.20. The Labute approximate surface area is 106 Å². The van der Waals surface area contributed by atoms with Crippen molar-refractivity contribution in [3.8, 4) is 12.1 Å². The second kappa shape index (κ2) is 3.34. The van der Waals surface area contributed by atoms with Crippen molar-refractivity contribution in [1.29, 1.82) is 10.5 Å². The zero-order valence-corrected chi connectivity index (χ0v) is 10.1. The lowest BCUT2D eigenvalue weighted by molar-refractivity contribution is 0.670. The van der Waals surface area contributed by atoms with Crippen LogP contribution < -0.4 is 0 Å². The molecule has 1 aliphatic carbocycles. The summed E-state index contributed by atoms with van der Waals surface area (Å²) in [6, 6.07) is 18.6. The van der Waals surface area contributed by atoms with Gasteiger partial charge in [0.15, 0.2) is 5.41 Å². The van der Waals surface area contributed by atoms with Crippen LogP contribution in [-0.2, 0) is 5.41 Å². The Morgan fingerprint density at radius 1 is 1.00 bits per heavy atom. The van der Waals surface area contributed by atoms with E-state index in [4.69, 9.17) is 0 Å². The molecule has 0 N–H and O–H groups in total. The number of nitriles is 2. The van der Waals surface area contributed by atoms with Crippen LogP contribution in [0.4, 0.5) is 0 Å². The summed E-state index contributed by atoms with van der Waals surface area (Å²) in [6.45, 7) is 2.02. The Bertz CT molecular complexity index is 698. The van der Waals surface area contributed by atoms with Crippen molar-refractivity contribution in [1.82, 2.24) is 0 Å². The molecule has 0 aromatic heterocycles. The van der Waals surface area contributed by atoms with Crippen molar-refractivity contribution >= 4 is 10.8 Å². The van der Waals surface area contributed by atoms with Gasteiger partial charge in [0.25, 0.3) is 0 Å². The van der Waals surface area contributed by atoms with E-state index >= 15 is 0 Å². The Morgan fingerprint density at radius 2 is 1.67 bits per heavy atom. The molecule has 0 radical (unpaired) electrons. The SMILES string of the molecule is CC1(c2cccc3ccccc23)CC1(C#N)C#N. The van der Waals surface area contributed by atoms with Gasteiger partial charge in [0.2, 0.25) is 0 Å². The van der Waals surface area contributed by atoms with Crippen LogP contribution in [0.15, 0.2) is 42.5 Å². The van der Waals surface area contributed by atoms with Gasteiger partial charge in [-0.05, 0) is 22.8 Å². The fourth-order valence-electron chi connectivity index (χ4n) is 2.87. The third-order valence-corrected chi connectivity index (χ3v) is 4.20. The number of hydrogen-bond donors (Lipinski definition) is 0. The number of nitrogens with zero attached hydrogens (tertiary/aromatic N) is 2. The van der Waals surface area contributed by atoms with Crippen LogP contribution in [0.5, 0.6) is 0 Å². The van der Waals surface area contributed by atoms with Crippen LogP contribution in [0.3, 0.4) is 0 Å². The quantitative estimate of drug-likeness (QED) is 0.755. The summed E-state index contributed by atoms with van der Waals surface area (Å²) >= 11 is 0. The molecule has 1 fully saturated rings. The maximum atomic E-state index is 9.25. The topological polar surface area (TPSA) is 47.6 Å². The van der Waals surface area contributed by atoms with Crippen LogP contribution in [0.25, 0.3) is 10.8 Å². The smallest absolute Gasteiger partial charge is 0.154 e. The van der Waals surface area contributed by atoms with E-state index < -0.39 is 5.41 Å². The highest BCUT2D eigenvalue weighted by atomic mass is 14.7. The van der Waals surface area contributed by atoms with E-state index in [0.29, 0.717) is 6.42 Å². The van der Waals surface area contributed by atoms with Gasteiger partial charge in [-0.25, -0.2) is 0 Å². The monoisotopic (exact) mass is 232 g/mol. The highest BCUT2D eigenvalue weighted by Gasteiger charge is 2.67. The molecule has 1 unspecified atom stereocenters. The van der Waals surface area contributed by atoms with Crippen LogP contribution >= 0.6 is 0 Å². The molecule has 86 valence electrons. The molecule has 0 aliphatic heterocycles. The molecule has 1 atom stereocenters. The molecule has 1 aliphatic rings. The van der Waals surface area contributed by atoms with E-state index in [1.807, 2.05) is 31.2 Å². The van der Waals surface area contributed by atoms with E-state index in [2.05, 4.69) is 30.3 Å². The summed E-state index contributed by atoms with van der Waals surface area (Å²) in [7, 11) is 0. The Kier molecular flexibility index (Phi) is 2.01. The van der Waals surface area contributed by atoms with Crippen LogP contribution in [0.1, 0.15) is 18.9 Å². The van der Waals surface area contributed by atoms with Gasteiger partial charge in [-0.1, -0.05) is 49.4 Å². The molecular weight excluding hydrogens is 220 g/mol. The van der Waals surface area contributed by atoms with Gasteiger partial charge < -0.3 is 0 Å². The lowest BCUT2D eigenvalue weighted by Gasteiger charge is -2.15. The standard InChI is InChI=1S/C16H12N2/c1-15(9-16(15,10-17)11-18)14-8-4-6-12-5-2-3-7-13(12)14/h2-8H,9H2,1H3. The molecule has 2 aromatic carbocycles. The van der Waals surface area contributed by atoms with E-state index in [9.17, 15) is 10.5 Å². The molecule has 2 aromatic rings. The first kappa shape index (κ1) is 10.8. The molecular formula is C16H12N2. The second-order valence-electron chi connectivity index (χ2n) is 5.16. The fraction of sp³-hybridized carbons (Fsp3) is 0.250. The zero-order valence-electron chi connectivity index (χ0n) is 10.1. The fourth-order valence-corrected chi connectivity index (χ4v) is 2.87. The molecule has 0 saturated heterocycles. The molecule has 2 heteroatoms. The highest BCUT2D eigenvalue weighted by Crippen LogP contribution is 2.64. The summed E-state index contributed by atoms with van der Waals surface area (Å²) in [4.78, 5) is 0. The number of rotatable bonds is 1. The summed E-state index contributed by atoms with van der Waals surface area (Å²) in [5.41, 5.74) is -0.0715. The first-order valence-corrected chi connectivity index (χ1v) is 5.98. The molecule has 0 spiro atoms. The van der Waals surface area contributed by atoms with E-state index in [1.165, 1.54) is 0 Å². The Morgan fingerprint density at radius 3 is 2.33 bits per heavy atom. The van der Waals surface area contributed by atoms with E-state index in [1.54, 1.807) is 0 Å². The van der Waals surface area contributed by atoms with Crippen LogP contribution in [-0.4, -0.2) is 0 Å². The summed E-state index contributed by atoms with van der Waals surface area (Å²) in [6.07, 6.45) is 0.626. The zero-order chi connectivity index (χ0) is 12.8. The maximum Gasteiger partial charge on any atom is 0.154 e. The van der Waals surface area contributed by atoms with Gasteiger partial charge >= 0.3 is 0 Å². The van der Waals surface area contributed by atoms with Crippen molar-refractivity contribution in [2.24, 2.45) is 5.41 Å². The normalized spacial score (nSPS) is 24.2. The van der Waals surface area contributed by atoms with Gasteiger partial charge in [-0.2, -0.15) is 10.5 Å². The molecule has 0 bridgehead atoms. The predicted octanol–water partition coefficient (Wildman–Crippen LogP) is 3.53. The summed E-state index contributed by atoms with van der Waals surface area (Å²) in [5.74, 6) is 0. The van der Waals surface area contributed by atoms with E-state index in [0.717, 1.165) is 16.3 Å². The maximum absolute atomic E-state index is 9.25. The average Bonchev–Trinajstić information content (AvgIpc) is 3.05. The van der Waals surface area contributed by atoms with Crippen molar-refractivity contribution in [2.75, 3.05) is 0 Å². The van der Waals surface area contributed by atoms with Gasteiger partial charge in [0, 0.05) is 5.41 Å². The summed E-state index contributed by atoms with van der Waals surface area (Å²) in [5, 5.41) is 20.8. The van der Waals surface area contributed by atoms with Gasteiger partial charge in [0.1, 0.15) is 0 Å². The molecule has 2 nitrogen and oxygen atoms in total. The van der Waals surface area contributed by atoms with E-state index in [-0.39, 0.29) is 5.41 Å². The third kappa shape index (κ3) is 1.15. The van der Waals surface area contributed by atoms with Gasteiger partial charge in [0.05, 0.1) is 12.1 Å².